The Kier molecular flexibility index (Phi) is 7.64. The molecule has 13 heteroatoms. The Morgan fingerprint density at radius 2 is 1.69 bits per heavy atom. The van der Waals surface area contributed by atoms with E-state index in [1.807, 2.05) is 0 Å². The van der Waals surface area contributed by atoms with E-state index in [0.717, 1.165) is 12.3 Å². The highest BCUT2D eigenvalue weighted by molar-refractivity contribution is 6.00. The molecule has 0 N–H and O–H groups in total. The summed E-state index contributed by atoms with van der Waals surface area (Å²) in [6.07, 6.45) is -3.72. The van der Waals surface area contributed by atoms with Crippen LogP contribution in [0.2, 0.25) is 0 Å². The van der Waals surface area contributed by atoms with Gasteiger partial charge < -0.3 is 9.64 Å². The number of alkyl halides is 3. The quantitative estimate of drug-likeness (QED) is 0.214. The highest BCUT2D eigenvalue weighted by atomic mass is 19.4. The molecule has 5 rings (SSSR count). The number of benzene rings is 2. The number of carbonyl (C=O) groups excluding carboxylic acids is 1. The van der Waals surface area contributed by atoms with Crippen molar-refractivity contribution in [1.29, 1.82) is 0 Å². The molecule has 1 aliphatic heterocycles. The largest absolute Gasteiger partial charge is 0.497 e. The van der Waals surface area contributed by atoms with Gasteiger partial charge in [0.2, 0.25) is 0 Å². The normalized spacial score (nSPS) is 18.1. The number of piperazine rings is 1. The smallest absolute Gasteiger partial charge is 0.433 e. The van der Waals surface area contributed by atoms with Crippen molar-refractivity contribution >= 4 is 11.6 Å². The number of methoxy groups -OCH3 is 1. The van der Waals surface area contributed by atoms with Gasteiger partial charge in [0.15, 0.2) is 23.0 Å². The van der Waals surface area contributed by atoms with E-state index in [1.165, 1.54) is 18.9 Å². The van der Waals surface area contributed by atoms with Gasteiger partial charge in [0.05, 0.1) is 19.0 Å². The Bertz CT molecular complexity index is 1640. The summed E-state index contributed by atoms with van der Waals surface area (Å²) in [6, 6.07) is 6.80. The fraction of sp³-hybridized carbons (Fsp3) is 0.345. The summed E-state index contributed by atoms with van der Waals surface area (Å²) in [6.45, 7) is 5.13. The molecule has 2 atom stereocenters. The van der Waals surface area contributed by atoms with Crippen LogP contribution in [0.1, 0.15) is 41.0 Å². The summed E-state index contributed by atoms with van der Waals surface area (Å²) in [5.74, 6) is -3.39. The van der Waals surface area contributed by atoms with Crippen molar-refractivity contribution in [3.8, 4) is 17.0 Å². The molecule has 1 fully saturated rings. The molecule has 0 bridgehead atoms. The molecule has 1 aliphatic rings. The average Bonchev–Trinajstić information content (AvgIpc) is 3.33. The van der Waals surface area contributed by atoms with E-state index in [4.69, 9.17) is 4.74 Å². The van der Waals surface area contributed by atoms with Crippen LogP contribution in [-0.2, 0) is 12.7 Å². The summed E-state index contributed by atoms with van der Waals surface area (Å²) >= 11 is 0. The summed E-state index contributed by atoms with van der Waals surface area (Å²) in [7, 11) is 1.47. The van der Waals surface area contributed by atoms with Gasteiger partial charge in [0.1, 0.15) is 17.1 Å². The van der Waals surface area contributed by atoms with Crippen LogP contribution in [0.15, 0.2) is 42.6 Å². The lowest BCUT2D eigenvalue weighted by atomic mass is 10.0. The third kappa shape index (κ3) is 5.28. The van der Waals surface area contributed by atoms with Crippen LogP contribution >= 0.6 is 0 Å². The number of ether oxygens (including phenoxy) is 1. The predicted molar refractivity (Wildman–Crippen MR) is 141 cm³/mol. The Morgan fingerprint density at radius 3 is 2.29 bits per heavy atom. The van der Waals surface area contributed by atoms with Crippen LogP contribution in [0.5, 0.6) is 5.75 Å². The van der Waals surface area contributed by atoms with Gasteiger partial charge in [-0.1, -0.05) is 0 Å². The second-order valence-electron chi connectivity index (χ2n) is 10.4. The van der Waals surface area contributed by atoms with Crippen LogP contribution in [0, 0.1) is 24.4 Å². The Hall–Kier alpha value is -4.13. The predicted octanol–water partition coefficient (Wildman–Crippen LogP) is 5.88. The lowest BCUT2D eigenvalue weighted by Crippen LogP contribution is -2.58. The van der Waals surface area contributed by atoms with Gasteiger partial charge >= 0.3 is 6.18 Å². The second kappa shape index (κ2) is 10.9. The first kappa shape index (κ1) is 29.4. The lowest BCUT2D eigenvalue weighted by molar-refractivity contribution is -0.143. The zero-order valence-electron chi connectivity index (χ0n) is 23.1. The first-order chi connectivity index (χ1) is 19.8. The van der Waals surface area contributed by atoms with E-state index in [1.54, 1.807) is 43.0 Å². The van der Waals surface area contributed by atoms with E-state index >= 15 is 0 Å². The molecule has 1 amide bonds. The second-order valence-corrected chi connectivity index (χ2v) is 10.4. The van der Waals surface area contributed by atoms with Crippen molar-refractivity contribution in [3.05, 3.63) is 82.4 Å². The number of nitrogens with zero attached hydrogens (tertiary/aromatic N) is 5. The summed E-state index contributed by atoms with van der Waals surface area (Å²) < 4.78 is 90.4. The maximum Gasteiger partial charge on any atom is 0.433 e. The maximum atomic E-state index is 14.3. The van der Waals surface area contributed by atoms with Gasteiger partial charge in [0, 0.05) is 54.5 Å². The minimum Gasteiger partial charge on any atom is -0.497 e. The van der Waals surface area contributed by atoms with E-state index in [2.05, 4.69) is 10.1 Å². The minimum absolute atomic E-state index is 0.0438. The molecular weight excluding hydrogens is 564 g/mol. The van der Waals surface area contributed by atoms with Crippen LogP contribution in [0.4, 0.5) is 26.3 Å². The van der Waals surface area contributed by atoms with E-state index in [-0.39, 0.29) is 47.7 Å². The molecule has 1 saturated heterocycles. The molecule has 0 unspecified atom stereocenters. The third-order valence-corrected chi connectivity index (χ3v) is 7.44. The van der Waals surface area contributed by atoms with Crippen molar-refractivity contribution in [2.75, 3.05) is 20.2 Å². The van der Waals surface area contributed by atoms with Gasteiger partial charge in [0.25, 0.3) is 5.91 Å². The fourth-order valence-electron chi connectivity index (χ4n) is 5.65. The minimum atomic E-state index is -4.79. The third-order valence-electron chi connectivity index (χ3n) is 7.44. The first-order valence-electron chi connectivity index (χ1n) is 13.1. The molecule has 0 radical (unpaired) electrons. The molecular formula is C29H27F6N5O2. The van der Waals surface area contributed by atoms with Gasteiger partial charge in [-0.05, 0) is 51.1 Å². The summed E-state index contributed by atoms with van der Waals surface area (Å²) in [5.41, 5.74) is -1.27. The molecule has 0 saturated carbocycles. The maximum absolute atomic E-state index is 14.3. The van der Waals surface area contributed by atoms with Crippen LogP contribution in [0.3, 0.4) is 0 Å². The molecule has 4 aromatic rings. The zero-order chi connectivity index (χ0) is 30.5. The van der Waals surface area contributed by atoms with Crippen LogP contribution in [0.25, 0.3) is 16.9 Å². The molecule has 2 aromatic carbocycles. The highest BCUT2D eigenvalue weighted by Gasteiger charge is 2.40. The van der Waals surface area contributed by atoms with E-state index in [0.29, 0.717) is 21.9 Å². The SMILES string of the molecule is COc1ccc(-c2nc3c(C(=O)N4[C@H](C)CN(Cc5cc(F)cc(F)c5F)C[C@@H]4C)cnn3c(C(F)(F)F)c2C)cc1. The number of fused-ring (bicyclic) bond motifs is 1. The van der Waals surface area contributed by atoms with Crippen molar-refractivity contribution < 1.29 is 35.9 Å². The topological polar surface area (TPSA) is 63.0 Å². The van der Waals surface area contributed by atoms with Gasteiger partial charge in [-0.2, -0.15) is 18.3 Å². The monoisotopic (exact) mass is 591 g/mol. The van der Waals surface area contributed by atoms with Gasteiger partial charge in [-0.15, -0.1) is 0 Å². The van der Waals surface area contributed by atoms with Crippen LogP contribution in [-0.4, -0.2) is 62.6 Å². The van der Waals surface area contributed by atoms with Crippen molar-refractivity contribution in [2.45, 2.75) is 45.6 Å². The number of amides is 1. The molecule has 42 heavy (non-hydrogen) atoms. The van der Waals surface area contributed by atoms with Crippen molar-refractivity contribution in [1.82, 2.24) is 24.4 Å². The molecule has 3 heterocycles. The van der Waals surface area contributed by atoms with Gasteiger partial charge in [-0.25, -0.2) is 22.7 Å². The number of rotatable bonds is 5. The average molecular weight is 592 g/mol. The number of halogens is 6. The van der Waals surface area contributed by atoms with Crippen LogP contribution < -0.4 is 4.74 Å². The van der Waals surface area contributed by atoms with E-state index < -0.39 is 47.3 Å². The Morgan fingerprint density at radius 1 is 1.05 bits per heavy atom. The standard InChI is InChI=1S/C29H27F6N5O2/c1-15-12-38(14-19-9-20(30)10-23(31)24(19)32)13-16(2)39(15)28(41)22-11-36-40-26(29(33,34)35)17(3)25(37-27(22)40)18-5-7-21(42-4)8-6-18/h5-11,15-16H,12-14H2,1-4H3/t15-,16+. The fourth-order valence-corrected chi connectivity index (χ4v) is 5.65. The van der Waals surface area contributed by atoms with Gasteiger partial charge in [-0.3, -0.25) is 9.69 Å². The summed E-state index contributed by atoms with van der Waals surface area (Å²) in [4.78, 5) is 21.6. The van der Waals surface area contributed by atoms with Crippen molar-refractivity contribution in [2.24, 2.45) is 0 Å². The Balaban J connectivity index is 1.50. The molecule has 0 aliphatic carbocycles. The van der Waals surface area contributed by atoms with Crippen molar-refractivity contribution in [3.63, 3.8) is 0 Å². The number of hydrogen-bond acceptors (Lipinski definition) is 5. The number of aromatic nitrogens is 3. The number of hydrogen-bond donors (Lipinski definition) is 0. The molecule has 222 valence electrons. The molecule has 2 aromatic heterocycles. The van der Waals surface area contributed by atoms with E-state index in [9.17, 15) is 31.1 Å². The molecule has 0 spiro atoms. The summed E-state index contributed by atoms with van der Waals surface area (Å²) in [5, 5.41) is 3.91. The highest BCUT2D eigenvalue weighted by Crippen LogP contribution is 2.37. The first-order valence-corrected chi connectivity index (χ1v) is 13.1. The Labute approximate surface area is 237 Å². The number of carbonyl (C=O) groups is 1. The zero-order valence-corrected chi connectivity index (χ0v) is 23.1. The molecule has 7 nitrogen and oxygen atoms in total. The lowest BCUT2D eigenvalue weighted by Gasteiger charge is -2.44.